The second-order valence-corrected chi connectivity index (χ2v) is 15.7. The van der Waals surface area contributed by atoms with Gasteiger partial charge in [0.1, 0.15) is 0 Å². The van der Waals surface area contributed by atoms with Gasteiger partial charge in [0.25, 0.3) is 0 Å². The highest BCUT2D eigenvalue weighted by molar-refractivity contribution is 6.27. The Morgan fingerprint density at radius 1 is 0.300 bits per heavy atom. The molecule has 12 rings (SSSR count). The van der Waals surface area contributed by atoms with Crippen LogP contribution in [0.5, 0.6) is 0 Å². The van der Waals surface area contributed by atoms with Gasteiger partial charge in [-0.15, -0.1) is 0 Å². The van der Waals surface area contributed by atoms with Gasteiger partial charge < -0.3 is 9.47 Å². The van der Waals surface area contributed by atoms with Crippen LogP contribution in [0, 0.1) is 0 Å². The maximum atomic E-state index is 2.46. The van der Waals surface area contributed by atoms with Crippen LogP contribution >= 0.6 is 0 Å². The molecule has 12 aromatic rings. The lowest BCUT2D eigenvalue weighted by Gasteiger charge is -2.29. The number of aromatic nitrogens is 1. The molecular formula is C58H38N2. The lowest BCUT2D eigenvalue weighted by atomic mass is 9.91. The number of hydrogen-bond donors (Lipinski definition) is 0. The largest absolute Gasteiger partial charge is 0.310 e. The zero-order valence-electron chi connectivity index (χ0n) is 32.8. The SMILES string of the molecule is c1ccc(-c2cccc(N(c3cccc(-c4ccccc4-c4ccccc4)c3)c3ccc4ccc5c(-n6c7ccccc7c7ccccc76)ccc6ccc3c4c65)c2)cc1. The molecular weight excluding hydrogens is 725 g/mol. The topological polar surface area (TPSA) is 8.17 Å². The molecule has 280 valence electrons. The monoisotopic (exact) mass is 762 g/mol. The van der Waals surface area contributed by atoms with E-state index >= 15 is 0 Å². The maximum Gasteiger partial charge on any atom is 0.0541 e. The smallest absolute Gasteiger partial charge is 0.0541 e. The van der Waals surface area contributed by atoms with E-state index in [0.717, 1.165) is 17.1 Å². The highest BCUT2D eigenvalue weighted by Crippen LogP contribution is 2.47. The van der Waals surface area contributed by atoms with Gasteiger partial charge in [-0.25, -0.2) is 0 Å². The Hall–Kier alpha value is -7.94. The predicted molar refractivity (Wildman–Crippen MR) is 255 cm³/mol. The van der Waals surface area contributed by atoms with E-state index in [1.165, 1.54) is 93.2 Å². The summed E-state index contributed by atoms with van der Waals surface area (Å²) in [6.45, 7) is 0. The second kappa shape index (κ2) is 13.9. The van der Waals surface area contributed by atoms with Gasteiger partial charge in [0, 0.05) is 32.9 Å². The summed E-state index contributed by atoms with van der Waals surface area (Å²) in [7, 11) is 0. The molecule has 60 heavy (non-hydrogen) atoms. The van der Waals surface area contributed by atoms with Crippen molar-refractivity contribution in [3.8, 4) is 39.1 Å². The summed E-state index contributed by atoms with van der Waals surface area (Å²) in [5.41, 5.74) is 14.1. The molecule has 0 atom stereocenters. The van der Waals surface area contributed by atoms with E-state index in [-0.39, 0.29) is 0 Å². The molecule has 0 bridgehead atoms. The van der Waals surface area contributed by atoms with Crippen molar-refractivity contribution in [2.24, 2.45) is 0 Å². The molecule has 0 spiro atoms. The van der Waals surface area contributed by atoms with Crippen LogP contribution in [0.4, 0.5) is 17.1 Å². The standard InChI is InChI=1S/C58H38N2/c1-3-15-39(16-4-1)43-19-13-21-45(37-43)59(46-22-14-20-44(38-46)48-24-8-7-23-47(48)40-17-5-2-6-18-40)55-35-31-41-30-34-52-56(36-32-42-29-33-51(55)57(41)58(42)52)60-53-27-11-9-25-49(53)50-26-10-12-28-54(50)60/h1-38H. The summed E-state index contributed by atoms with van der Waals surface area (Å²) < 4.78 is 2.46. The van der Waals surface area contributed by atoms with Gasteiger partial charge >= 0.3 is 0 Å². The van der Waals surface area contributed by atoms with Crippen LogP contribution in [-0.4, -0.2) is 4.57 Å². The fourth-order valence-electron chi connectivity index (χ4n) is 9.64. The first kappa shape index (κ1) is 34.1. The molecule has 0 N–H and O–H groups in total. The summed E-state index contributed by atoms with van der Waals surface area (Å²) >= 11 is 0. The molecule has 1 aromatic heterocycles. The summed E-state index contributed by atoms with van der Waals surface area (Å²) in [4.78, 5) is 2.46. The Morgan fingerprint density at radius 3 is 1.47 bits per heavy atom. The third-order valence-corrected chi connectivity index (χ3v) is 12.3. The molecule has 0 aliphatic heterocycles. The van der Waals surface area contributed by atoms with Crippen LogP contribution < -0.4 is 4.90 Å². The van der Waals surface area contributed by atoms with Crippen molar-refractivity contribution in [3.05, 3.63) is 231 Å². The Morgan fingerprint density at radius 2 is 0.783 bits per heavy atom. The van der Waals surface area contributed by atoms with E-state index in [4.69, 9.17) is 0 Å². The van der Waals surface area contributed by atoms with E-state index < -0.39 is 0 Å². The van der Waals surface area contributed by atoms with Crippen LogP contribution in [0.15, 0.2) is 231 Å². The van der Waals surface area contributed by atoms with E-state index in [1.54, 1.807) is 0 Å². The van der Waals surface area contributed by atoms with Crippen molar-refractivity contribution in [2.45, 2.75) is 0 Å². The van der Waals surface area contributed by atoms with Gasteiger partial charge in [0.2, 0.25) is 0 Å². The van der Waals surface area contributed by atoms with E-state index in [1.807, 2.05) is 0 Å². The van der Waals surface area contributed by atoms with Gasteiger partial charge in [0.15, 0.2) is 0 Å². The number of benzene rings is 11. The van der Waals surface area contributed by atoms with Gasteiger partial charge in [0.05, 0.1) is 22.4 Å². The number of rotatable bonds is 7. The number of fused-ring (bicyclic) bond motifs is 3. The first-order chi connectivity index (χ1) is 29.8. The third kappa shape index (κ3) is 5.42. The number of para-hydroxylation sites is 2. The minimum absolute atomic E-state index is 1.10. The molecule has 1 heterocycles. The fraction of sp³-hybridized carbons (Fsp3) is 0. The summed E-state index contributed by atoms with van der Waals surface area (Å²) in [5, 5.41) is 10.0. The van der Waals surface area contributed by atoms with Crippen molar-refractivity contribution >= 4 is 71.2 Å². The molecule has 0 aliphatic rings. The highest BCUT2D eigenvalue weighted by atomic mass is 15.1. The molecule has 0 saturated heterocycles. The summed E-state index contributed by atoms with van der Waals surface area (Å²) in [6.07, 6.45) is 0. The zero-order chi connectivity index (χ0) is 39.6. The Labute approximate surface area is 348 Å². The summed E-state index contributed by atoms with van der Waals surface area (Å²) in [6, 6.07) is 84.3. The average molecular weight is 763 g/mol. The van der Waals surface area contributed by atoms with Crippen molar-refractivity contribution in [1.82, 2.24) is 4.57 Å². The van der Waals surface area contributed by atoms with Crippen LogP contribution in [0.2, 0.25) is 0 Å². The Balaban J connectivity index is 1.10. The normalized spacial score (nSPS) is 11.7. The van der Waals surface area contributed by atoms with Gasteiger partial charge in [-0.2, -0.15) is 0 Å². The maximum absolute atomic E-state index is 2.46. The quantitative estimate of drug-likeness (QED) is 0.147. The van der Waals surface area contributed by atoms with Gasteiger partial charge in [-0.3, -0.25) is 0 Å². The van der Waals surface area contributed by atoms with Gasteiger partial charge in [-0.05, 0) is 103 Å². The molecule has 2 nitrogen and oxygen atoms in total. The van der Waals surface area contributed by atoms with Crippen molar-refractivity contribution in [3.63, 3.8) is 0 Å². The van der Waals surface area contributed by atoms with Crippen LogP contribution in [0.1, 0.15) is 0 Å². The molecule has 0 aliphatic carbocycles. The van der Waals surface area contributed by atoms with Crippen molar-refractivity contribution in [1.29, 1.82) is 0 Å². The average Bonchev–Trinajstić information content (AvgIpc) is 3.66. The van der Waals surface area contributed by atoms with Crippen molar-refractivity contribution < 1.29 is 0 Å². The third-order valence-electron chi connectivity index (χ3n) is 12.3. The molecule has 2 heteroatoms. The Bertz CT molecular complexity index is 3490. The number of anilines is 3. The van der Waals surface area contributed by atoms with Gasteiger partial charge in [-0.1, -0.05) is 182 Å². The van der Waals surface area contributed by atoms with Crippen LogP contribution in [-0.2, 0) is 0 Å². The highest BCUT2D eigenvalue weighted by Gasteiger charge is 2.22. The number of hydrogen-bond acceptors (Lipinski definition) is 1. The first-order valence-electron chi connectivity index (χ1n) is 20.7. The molecule has 0 fully saturated rings. The molecule has 0 radical (unpaired) electrons. The molecule has 11 aromatic carbocycles. The van der Waals surface area contributed by atoms with Crippen LogP contribution in [0.25, 0.3) is 93.2 Å². The molecule has 0 saturated carbocycles. The van der Waals surface area contributed by atoms with E-state index in [0.29, 0.717) is 0 Å². The summed E-state index contributed by atoms with van der Waals surface area (Å²) in [5.74, 6) is 0. The lowest BCUT2D eigenvalue weighted by Crippen LogP contribution is -2.11. The molecule has 0 unspecified atom stereocenters. The Kier molecular flexibility index (Phi) is 7.89. The predicted octanol–water partition coefficient (Wildman–Crippen LogP) is 16.2. The first-order valence-corrected chi connectivity index (χ1v) is 20.7. The number of nitrogens with zero attached hydrogens (tertiary/aromatic N) is 2. The van der Waals surface area contributed by atoms with E-state index in [2.05, 4.69) is 240 Å². The van der Waals surface area contributed by atoms with E-state index in [9.17, 15) is 0 Å². The minimum Gasteiger partial charge on any atom is -0.310 e. The fourth-order valence-corrected chi connectivity index (χ4v) is 9.64. The van der Waals surface area contributed by atoms with Crippen LogP contribution in [0.3, 0.4) is 0 Å². The molecule has 0 amide bonds. The van der Waals surface area contributed by atoms with Crippen molar-refractivity contribution in [2.75, 3.05) is 4.90 Å². The zero-order valence-corrected chi connectivity index (χ0v) is 32.8. The second-order valence-electron chi connectivity index (χ2n) is 15.7. The lowest BCUT2D eigenvalue weighted by molar-refractivity contribution is 1.20. The minimum atomic E-state index is 1.10.